The van der Waals surface area contributed by atoms with Crippen LogP contribution < -0.4 is 5.32 Å². The van der Waals surface area contributed by atoms with Gasteiger partial charge in [-0.3, -0.25) is 4.90 Å². The fraction of sp³-hybridized carbons (Fsp3) is 0.208. The van der Waals surface area contributed by atoms with Crippen molar-refractivity contribution in [3.05, 3.63) is 100 Å². The molecule has 1 saturated heterocycles. The highest BCUT2D eigenvalue weighted by atomic mass is 35.5. The molecule has 1 heterocycles. The van der Waals surface area contributed by atoms with Gasteiger partial charge in [-0.1, -0.05) is 83.9 Å². The maximum absolute atomic E-state index is 6.12. The quantitative estimate of drug-likeness (QED) is 0.478. The summed E-state index contributed by atoms with van der Waals surface area (Å²) in [5.74, 6) is 0. The Hall–Kier alpha value is -2.11. The van der Waals surface area contributed by atoms with Crippen LogP contribution in [0.1, 0.15) is 17.2 Å². The Morgan fingerprint density at radius 3 is 1.87 bits per heavy atom. The second-order valence-corrected chi connectivity index (χ2v) is 8.51. The Labute approximate surface area is 193 Å². The van der Waals surface area contributed by atoms with Gasteiger partial charge in [-0.05, 0) is 41.5 Å². The lowest BCUT2D eigenvalue weighted by Gasteiger charge is -2.40. The summed E-state index contributed by atoms with van der Waals surface area (Å²) in [7, 11) is 0. The van der Waals surface area contributed by atoms with Crippen molar-refractivity contribution >= 4 is 46.2 Å². The van der Waals surface area contributed by atoms with Crippen molar-refractivity contribution in [1.82, 2.24) is 9.80 Å². The van der Waals surface area contributed by atoms with Crippen molar-refractivity contribution in [2.24, 2.45) is 0 Å². The number of hydrogen-bond acceptors (Lipinski definition) is 2. The van der Waals surface area contributed by atoms with Crippen LogP contribution in [0.3, 0.4) is 0 Å². The summed E-state index contributed by atoms with van der Waals surface area (Å²) in [4.78, 5) is 4.74. The Balaban J connectivity index is 1.44. The number of benzene rings is 3. The van der Waals surface area contributed by atoms with E-state index in [2.05, 4.69) is 75.8 Å². The summed E-state index contributed by atoms with van der Waals surface area (Å²) in [5, 5.41) is 5.05. The maximum Gasteiger partial charge on any atom is 0.173 e. The van der Waals surface area contributed by atoms with Gasteiger partial charge >= 0.3 is 0 Å². The summed E-state index contributed by atoms with van der Waals surface area (Å²) in [6.45, 7) is 3.59. The van der Waals surface area contributed by atoms with Crippen LogP contribution in [-0.2, 0) is 0 Å². The number of piperazine rings is 1. The number of nitrogens with zero attached hydrogens (tertiary/aromatic N) is 2. The van der Waals surface area contributed by atoms with E-state index in [1.54, 1.807) is 12.1 Å². The highest BCUT2D eigenvalue weighted by Gasteiger charge is 2.27. The molecule has 0 atom stereocenters. The van der Waals surface area contributed by atoms with Gasteiger partial charge in [0.15, 0.2) is 5.11 Å². The molecule has 1 aliphatic rings. The molecule has 3 aromatic rings. The summed E-state index contributed by atoms with van der Waals surface area (Å²) >= 11 is 17.8. The lowest BCUT2D eigenvalue weighted by Crippen LogP contribution is -2.50. The molecule has 0 spiro atoms. The van der Waals surface area contributed by atoms with Gasteiger partial charge in [-0.2, -0.15) is 0 Å². The van der Waals surface area contributed by atoms with Gasteiger partial charge in [0.05, 0.1) is 16.1 Å². The van der Waals surface area contributed by atoms with Crippen molar-refractivity contribution in [2.45, 2.75) is 6.04 Å². The number of hydrogen-bond donors (Lipinski definition) is 1. The Morgan fingerprint density at radius 2 is 1.33 bits per heavy atom. The predicted molar refractivity (Wildman–Crippen MR) is 131 cm³/mol. The van der Waals surface area contributed by atoms with E-state index in [1.165, 1.54) is 11.1 Å². The van der Waals surface area contributed by atoms with E-state index < -0.39 is 0 Å². The zero-order chi connectivity index (χ0) is 20.9. The molecule has 1 fully saturated rings. The van der Waals surface area contributed by atoms with Gasteiger partial charge in [0.1, 0.15) is 0 Å². The second kappa shape index (κ2) is 9.80. The van der Waals surface area contributed by atoms with E-state index in [9.17, 15) is 0 Å². The Morgan fingerprint density at radius 1 is 0.767 bits per heavy atom. The number of thiocarbonyl (C=S) groups is 1. The molecular weight excluding hydrogens is 433 g/mol. The van der Waals surface area contributed by atoms with Crippen LogP contribution in [-0.4, -0.2) is 41.1 Å². The number of nitrogens with one attached hydrogen (secondary N) is 1. The minimum atomic E-state index is 0.242. The first-order chi connectivity index (χ1) is 14.6. The summed E-state index contributed by atoms with van der Waals surface area (Å²) in [5.41, 5.74) is 3.48. The van der Waals surface area contributed by atoms with Crippen LogP contribution in [0.25, 0.3) is 0 Å². The van der Waals surface area contributed by atoms with Crippen LogP contribution in [0.2, 0.25) is 10.0 Å². The van der Waals surface area contributed by atoms with Crippen LogP contribution >= 0.6 is 35.4 Å². The van der Waals surface area contributed by atoms with E-state index in [0.29, 0.717) is 15.2 Å². The summed E-state index contributed by atoms with van der Waals surface area (Å²) in [6, 6.07) is 27.1. The molecule has 0 bridgehead atoms. The minimum Gasteiger partial charge on any atom is -0.346 e. The van der Waals surface area contributed by atoms with Gasteiger partial charge in [0.2, 0.25) is 0 Å². The smallest absolute Gasteiger partial charge is 0.173 e. The van der Waals surface area contributed by atoms with Gasteiger partial charge in [0.25, 0.3) is 0 Å². The summed E-state index contributed by atoms with van der Waals surface area (Å²) in [6.07, 6.45) is 0. The van der Waals surface area contributed by atoms with E-state index in [0.717, 1.165) is 31.9 Å². The SMILES string of the molecule is S=C(Nc1ccc(Cl)c(Cl)c1)N1CCN(C(c2ccccc2)c2ccccc2)CC1. The molecule has 0 aliphatic carbocycles. The van der Waals surface area contributed by atoms with Crippen molar-refractivity contribution in [2.75, 3.05) is 31.5 Å². The predicted octanol–water partition coefficient (Wildman–Crippen LogP) is 6.10. The zero-order valence-corrected chi connectivity index (χ0v) is 18.8. The molecule has 1 aliphatic heterocycles. The van der Waals surface area contributed by atoms with Gasteiger partial charge < -0.3 is 10.2 Å². The van der Waals surface area contributed by atoms with Crippen LogP contribution in [0, 0.1) is 0 Å². The van der Waals surface area contributed by atoms with Crippen LogP contribution in [0.5, 0.6) is 0 Å². The van der Waals surface area contributed by atoms with Crippen LogP contribution in [0.4, 0.5) is 5.69 Å². The molecule has 0 radical (unpaired) electrons. The first kappa shape index (κ1) is 21.1. The fourth-order valence-electron chi connectivity index (χ4n) is 3.84. The Kier molecular flexibility index (Phi) is 6.90. The molecular formula is C24H23Cl2N3S. The third-order valence-electron chi connectivity index (χ3n) is 5.37. The molecule has 0 unspecified atom stereocenters. The van der Waals surface area contributed by atoms with E-state index in [-0.39, 0.29) is 6.04 Å². The molecule has 154 valence electrons. The number of rotatable bonds is 4. The fourth-order valence-corrected chi connectivity index (χ4v) is 4.44. The van der Waals surface area contributed by atoms with Crippen molar-refractivity contribution in [1.29, 1.82) is 0 Å². The highest BCUT2D eigenvalue weighted by molar-refractivity contribution is 7.80. The normalized spacial score (nSPS) is 14.7. The lowest BCUT2D eigenvalue weighted by molar-refractivity contribution is 0.151. The van der Waals surface area contributed by atoms with E-state index in [4.69, 9.17) is 35.4 Å². The van der Waals surface area contributed by atoms with E-state index in [1.807, 2.05) is 6.07 Å². The average molecular weight is 456 g/mol. The van der Waals surface area contributed by atoms with Gasteiger partial charge in [0, 0.05) is 31.9 Å². The van der Waals surface area contributed by atoms with Crippen LogP contribution in [0.15, 0.2) is 78.9 Å². The largest absolute Gasteiger partial charge is 0.346 e. The molecule has 0 amide bonds. The lowest BCUT2D eigenvalue weighted by atomic mass is 9.96. The van der Waals surface area contributed by atoms with E-state index >= 15 is 0 Å². The monoisotopic (exact) mass is 455 g/mol. The maximum atomic E-state index is 6.12. The third-order valence-corrected chi connectivity index (χ3v) is 6.47. The van der Waals surface area contributed by atoms with Crippen molar-refractivity contribution in [3.8, 4) is 0 Å². The van der Waals surface area contributed by atoms with Crippen molar-refractivity contribution < 1.29 is 0 Å². The standard InChI is InChI=1S/C24H23Cl2N3S/c25-21-12-11-20(17-22(21)26)27-24(30)29-15-13-28(14-16-29)23(18-7-3-1-4-8-18)19-9-5-2-6-10-19/h1-12,17,23H,13-16H2,(H,27,30). The zero-order valence-electron chi connectivity index (χ0n) is 16.5. The molecule has 3 nitrogen and oxygen atoms in total. The Bertz CT molecular complexity index is 950. The molecule has 6 heteroatoms. The topological polar surface area (TPSA) is 18.5 Å². The highest BCUT2D eigenvalue weighted by Crippen LogP contribution is 2.30. The third kappa shape index (κ3) is 4.96. The average Bonchev–Trinajstić information content (AvgIpc) is 2.78. The molecule has 0 saturated carbocycles. The number of halogens is 2. The first-order valence-electron chi connectivity index (χ1n) is 9.97. The minimum absolute atomic E-state index is 0.242. The molecule has 4 rings (SSSR count). The molecule has 3 aromatic carbocycles. The molecule has 30 heavy (non-hydrogen) atoms. The number of anilines is 1. The first-order valence-corrected chi connectivity index (χ1v) is 11.1. The summed E-state index contributed by atoms with van der Waals surface area (Å²) < 4.78 is 0. The second-order valence-electron chi connectivity index (χ2n) is 7.31. The van der Waals surface area contributed by atoms with Gasteiger partial charge in [-0.15, -0.1) is 0 Å². The van der Waals surface area contributed by atoms with Crippen molar-refractivity contribution in [3.63, 3.8) is 0 Å². The molecule has 0 aromatic heterocycles. The van der Waals surface area contributed by atoms with Gasteiger partial charge in [-0.25, -0.2) is 0 Å². The molecule has 1 N–H and O–H groups in total.